The average molecular weight is 324 g/mol. The van der Waals surface area contributed by atoms with Crippen molar-refractivity contribution >= 4 is 40.8 Å². The van der Waals surface area contributed by atoms with Gasteiger partial charge in [-0.05, 0) is 48.9 Å². The van der Waals surface area contributed by atoms with Gasteiger partial charge in [-0.2, -0.15) is 0 Å². The standard InChI is InChI=1S/C15H11Cl2NO3/c1-8-6-9(2-4-12(8)16)14(19)18-10-3-5-13(17)11(7-10)15(20)21/h2-7H,1H3,(H,18,19)(H,20,21). The maximum atomic E-state index is 12.1. The van der Waals surface area contributed by atoms with Gasteiger partial charge in [0.2, 0.25) is 0 Å². The summed E-state index contributed by atoms with van der Waals surface area (Å²) in [6, 6.07) is 9.16. The SMILES string of the molecule is Cc1cc(C(=O)Nc2ccc(Cl)c(C(=O)O)c2)ccc1Cl. The molecular formula is C15H11Cl2NO3. The van der Waals surface area contributed by atoms with E-state index in [4.69, 9.17) is 28.3 Å². The fraction of sp³-hybridized carbons (Fsp3) is 0.0667. The fourth-order valence-electron chi connectivity index (χ4n) is 1.76. The maximum Gasteiger partial charge on any atom is 0.337 e. The second kappa shape index (κ2) is 6.16. The molecule has 2 N–H and O–H groups in total. The summed E-state index contributed by atoms with van der Waals surface area (Å²) >= 11 is 11.7. The number of rotatable bonds is 3. The molecule has 0 spiro atoms. The van der Waals surface area contributed by atoms with Crippen molar-refractivity contribution in [2.75, 3.05) is 5.32 Å². The Labute approximate surface area is 131 Å². The van der Waals surface area contributed by atoms with Gasteiger partial charge in [-0.3, -0.25) is 4.79 Å². The van der Waals surface area contributed by atoms with Crippen LogP contribution in [0, 0.1) is 6.92 Å². The molecule has 0 unspecified atom stereocenters. The molecule has 0 radical (unpaired) electrons. The first-order valence-electron chi connectivity index (χ1n) is 5.99. The highest BCUT2D eigenvalue weighted by Gasteiger charge is 2.12. The number of aryl methyl sites for hydroxylation is 1. The van der Waals surface area contributed by atoms with Crippen molar-refractivity contribution in [2.45, 2.75) is 6.92 Å². The Morgan fingerprint density at radius 2 is 1.71 bits per heavy atom. The van der Waals surface area contributed by atoms with Crippen LogP contribution >= 0.6 is 23.2 Å². The number of carboxylic acids is 1. The second-order valence-electron chi connectivity index (χ2n) is 4.42. The summed E-state index contributed by atoms with van der Waals surface area (Å²) in [6.07, 6.45) is 0. The monoisotopic (exact) mass is 323 g/mol. The van der Waals surface area contributed by atoms with E-state index in [1.165, 1.54) is 18.2 Å². The highest BCUT2D eigenvalue weighted by Crippen LogP contribution is 2.22. The van der Waals surface area contributed by atoms with Crippen LogP contribution in [0.2, 0.25) is 10.0 Å². The molecule has 2 rings (SSSR count). The molecule has 0 aliphatic rings. The minimum Gasteiger partial charge on any atom is -0.478 e. The quantitative estimate of drug-likeness (QED) is 0.887. The highest BCUT2D eigenvalue weighted by molar-refractivity contribution is 6.33. The second-order valence-corrected chi connectivity index (χ2v) is 5.23. The number of benzene rings is 2. The number of carbonyl (C=O) groups is 2. The third-order valence-electron chi connectivity index (χ3n) is 2.87. The van der Waals surface area contributed by atoms with Crippen molar-refractivity contribution in [3.8, 4) is 0 Å². The van der Waals surface area contributed by atoms with E-state index < -0.39 is 5.97 Å². The summed E-state index contributed by atoms with van der Waals surface area (Å²) in [5.41, 5.74) is 1.51. The summed E-state index contributed by atoms with van der Waals surface area (Å²) in [5, 5.41) is 12.3. The first-order chi connectivity index (χ1) is 9.88. The smallest absolute Gasteiger partial charge is 0.337 e. The van der Waals surface area contributed by atoms with Gasteiger partial charge in [0.25, 0.3) is 5.91 Å². The van der Waals surface area contributed by atoms with Crippen LogP contribution in [0.15, 0.2) is 36.4 Å². The Morgan fingerprint density at radius 3 is 2.33 bits per heavy atom. The zero-order valence-electron chi connectivity index (χ0n) is 11.0. The number of hydrogen-bond acceptors (Lipinski definition) is 2. The highest BCUT2D eigenvalue weighted by atomic mass is 35.5. The van der Waals surface area contributed by atoms with Crippen molar-refractivity contribution < 1.29 is 14.7 Å². The number of halogens is 2. The van der Waals surface area contributed by atoms with Gasteiger partial charge in [0, 0.05) is 16.3 Å². The van der Waals surface area contributed by atoms with E-state index >= 15 is 0 Å². The van der Waals surface area contributed by atoms with E-state index in [-0.39, 0.29) is 16.5 Å². The van der Waals surface area contributed by atoms with Gasteiger partial charge < -0.3 is 10.4 Å². The van der Waals surface area contributed by atoms with Crippen LogP contribution in [0.4, 0.5) is 5.69 Å². The number of aromatic carboxylic acids is 1. The first kappa shape index (κ1) is 15.4. The number of carbonyl (C=O) groups excluding carboxylic acids is 1. The van der Waals surface area contributed by atoms with Crippen LogP contribution in [0.1, 0.15) is 26.3 Å². The summed E-state index contributed by atoms with van der Waals surface area (Å²) in [6.45, 7) is 1.80. The van der Waals surface area contributed by atoms with Gasteiger partial charge in [0.15, 0.2) is 0 Å². The van der Waals surface area contributed by atoms with E-state index in [2.05, 4.69) is 5.32 Å². The Hall–Kier alpha value is -2.04. The lowest BCUT2D eigenvalue weighted by Gasteiger charge is -2.08. The first-order valence-corrected chi connectivity index (χ1v) is 6.74. The molecule has 108 valence electrons. The summed E-state index contributed by atoms with van der Waals surface area (Å²) < 4.78 is 0. The Bertz CT molecular complexity index is 729. The van der Waals surface area contributed by atoms with Crippen LogP contribution in [0.25, 0.3) is 0 Å². The van der Waals surface area contributed by atoms with Gasteiger partial charge in [0.05, 0.1) is 10.6 Å². The van der Waals surface area contributed by atoms with Gasteiger partial charge in [0.1, 0.15) is 0 Å². The fourth-order valence-corrected chi connectivity index (χ4v) is 2.07. The lowest BCUT2D eigenvalue weighted by Crippen LogP contribution is -2.12. The maximum absolute atomic E-state index is 12.1. The molecule has 0 saturated carbocycles. The van der Waals surface area contributed by atoms with Gasteiger partial charge in [-0.25, -0.2) is 4.79 Å². The molecule has 0 aliphatic carbocycles. The Morgan fingerprint density at radius 1 is 1.05 bits per heavy atom. The van der Waals surface area contributed by atoms with Crippen molar-refractivity contribution in [1.29, 1.82) is 0 Å². The lowest BCUT2D eigenvalue weighted by molar-refractivity contribution is 0.0696. The molecule has 1 amide bonds. The molecule has 21 heavy (non-hydrogen) atoms. The van der Waals surface area contributed by atoms with Crippen molar-refractivity contribution in [1.82, 2.24) is 0 Å². The molecule has 0 aliphatic heterocycles. The van der Waals surface area contributed by atoms with Crippen molar-refractivity contribution in [2.24, 2.45) is 0 Å². The molecule has 2 aromatic rings. The zero-order chi connectivity index (χ0) is 15.6. The van der Waals surface area contributed by atoms with Crippen LogP contribution < -0.4 is 5.32 Å². The van der Waals surface area contributed by atoms with Crippen LogP contribution in [-0.4, -0.2) is 17.0 Å². The molecule has 0 heterocycles. The van der Waals surface area contributed by atoms with E-state index in [1.54, 1.807) is 25.1 Å². The molecule has 0 bridgehead atoms. The molecule has 2 aromatic carbocycles. The van der Waals surface area contributed by atoms with E-state index in [9.17, 15) is 9.59 Å². The van der Waals surface area contributed by atoms with Crippen LogP contribution in [-0.2, 0) is 0 Å². The number of nitrogens with one attached hydrogen (secondary N) is 1. The third-order valence-corrected chi connectivity index (χ3v) is 3.63. The number of carboxylic acid groups (broad SMARTS) is 1. The van der Waals surface area contributed by atoms with Gasteiger partial charge in [-0.1, -0.05) is 23.2 Å². The molecule has 6 heteroatoms. The normalized spacial score (nSPS) is 10.2. The molecule has 0 atom stereocenters. The topological polar surface area (TPSA) is 66.4 Å². The van der Waals surface area contributed by atoms with E-state index in [0.29, 0.717) is 16.3 Å². The Kier molecular flexibility index (Phi) is 4.50. The predicted octanol–water partition coefficient (Wildman–Crippen LogP) is 4.25. The minimum atomic E-state index is -1.15. The lowest BCUT2D eigenvalue weighted by atomic mass is 10.1. The molecule has 0 aromatic heterocycles. The zero-order valence-corrected chi connectivity index (χ0v) is 12.5. The summed E-state index contributed by atoms with van der Waals surface area (Å²) in [4.78, 5) is 23.1. The number of anilines is 1. The molecule has 0 saturated heterocycles. The predicted molar refractivity (Wildman–Crippen MR) is 82.6 cm³/mol. The van der Waals surface area contributed by atoms with E-state index in [1.807, 2.05) is 0 Å². The average Bonchev–Trinajstić information content (AvgIpc) is 2.43. The van der Waals surface area contributed by atoms with Crippen LogP contribution in [0.5, 0.6) is 0 Å². The molecule has 4 nitrogen and oxygen atoms in total. The summed E-state index contributed by atoms with van der Waals surface area (Å²) in [5.74, 6) is -1.51. The van der Waals surface area contributed by atoms with E-state index in [0.717, 1.165) is 5.56 Å². The molecule has 0 fully saturated rings. The van der Waals surface area contributed by atoms with Gasteiger partial charge >= 0.3 is 5.97 Å². The van der Waals surface area contributed by atoms with Gasteiger partial charge in [-0.15, -0.1) is 0 Å². The Balaban J connectivity index is 2.25. The largest absolute Gasteiger partial charge is 0.478 e. The van der Waals surface area contributed by atoms with Crippen LogP contribution in [0.3, 0.4) is 0 Å². The number of hydrogen-bond donors (Lipinski definition) is 2. The van der Waals surface area contributed by atoms with Crippen molar-refractivity contribution in [3.05, 3.63) is 63.1 Å². The summed E-state index contributed by atoms with van der Waals surface area (Å²) in [7, 11) is 0. The molecular weight excluding hydrogens is 313 g/mol. The van der Waals surface area contributed by atoms with Crippen molar-refractivity contribution in [3.63, 3.8) is 0 Å². The minimum absolute atomic E-state index is 0.0678. The third kappa shape index (κ3) is 3.54. The number of amides is 1.